The number of aryl methyl sites for hydroxylation is 3. The minimum Gasteiger partial charge on any atom is -0.497 e. The van der Waals surface area contributed by atoms with Crippen LogP contribution in [0, 0.1) is 13.8 Å². The van der Waals surface area contributed by atoms with Crippen LogP contribution in [-0.4, -0.2) is 118 Å². The zero-order valence-electron chi connectivity index (χ0n) is 24.7. The molecule has 3 heterocycles. The quantitative estimate of drug-likeness (QED) is 0.358. The summed E-state index contributed by atoms with van der Waals surface area (Å²) in [6.45, 7) is 11.5. The summed E-state index contributed by atoms with van der Waals surface area (Å²) in [6.07, 6.45) is 2.20. The Labute approximate surface area is 239 Å². The fourth-order valence-electron chi connectivity index (χ4n) is 5.62. The Kier molecular flexibility index (Phi) is 10.3. The van der Waals surface area contributed by atoms with E-state index < -0.39 is 10.0 Å². The normalized spacial score (nSPS) is 16.9. The number of methoxy groups -OCH3 is 1. The van der Waals surface area contributed by atoms with Crippen molar-refractivity contribution in [3.8, 4) is 5.75 Å². The van der Waals surface area contributed by atoms with Crippen LogP contribution in [0.3, 0.4) is 0 Å². The van der Waals surface area contributed by atoms with E-state index in [1.807, 2.05) is 4.90 Å². The van der Waals surface area contributed by atoms with Crippen LogP contribution in [-0.2, 0) is 39.1 Å². The molecule has 0 unspecified atom stereocenters. The van der Waals surface area contributed by atoms with Gasteiger partial charge in [0.25, 0.3) is 0 Å². The number of hydrogen-bond donors (Lipinski definition) is 0. The van der Waals surface area contributed by atoms with E-state index in [0.717, 1.165) is 57.8 Å². The van der Waals surface area contributed by atoms with E-state index in [2.05, 4.69) is 33.5 Å². The molecule has 0 saturated carbocycles. The van der Waals surface area contributed by atoms with Crippen LogP contribution >= 0.6 is 0 Å². The van der Waals surface area contributed by atoms with Gasteiger partial charge in [-0.3, -0.25) is 4.79 Å². The topological polar surface area (TPSA) is 87.6 Å². The number of ether oxygens (including phenoxy) is 2. The fourth-order valence-corrected chi connectivity index (χ4v) is 7.18. The molecule has 0 aliphatic carbocycles. The SMILES string of the molecule is COc1cc(C)c(S(=O)(=O)N(C)CCOCC(=O)N2CCn3c(CCCN4CCN(C)CC4)ccc3C2)c(C)c1. The van der Waals surface area contributed by atoms with Crippen LogP contribution < -0.4 is 4.74 Å². The monoisotopic (exact) mass is 575 g/mol. The molecule has 0 spiro atoms. The lowest BCUT2D eigenvalue weighted by Crippen LogP contribution is -2.44. The van der Waals surface area contributed by atoms with E-state index >= 15 is 0 Å². The van der Waals surface area contributed by atoms with Crippen molar-refractivity contribution in [2.45, 2.75) is 44.7 Å². The third-order valence-corrected chi connectivity index (χ3v) is 10.2. The number of piperazine rings is 1. The summed E-state index contributed by atoms with van der Waals surface area (Å²) in [6, 6.07) is 7.77. The Morgan fingerprint density at radius 1 is 1.02 bits per heavy atom. The van der Waals surface area contributed by atoms with Gasteiger partial charge in [-0.2, -0.15) is 4.31 Å². The number of likely N-dealkylation sites (N-methyl/N-ethyl adjacent to an activating group) is 2. The van der Waals surface area contributed by atoms with Crippen LogP contribution in [0.25, 0.3) is 0 Å². The van der Waals surface area contributed by atoms with E-state index in [9.17, 15) is 13.2 Å². The van der Waals surface area contributed by atoms with Gasteiger partial charge in [0, 0.05) is 64.2 Å². The van der Waals surface area contributed by atoms with E-state index in [1.54, 1.807) is 33.1 Å². The molecule has 1 amide bonds. The first-order valence-electron chi connectivity index (χ1n) is 14.2. The second kappa shape index (κ2) is 13.5. The number of aromatic nitrogens is 1. The molecule has 2 aliphatic heterocycles. The van der Waals surface area contributed by atoms with Gasteiger partial charge in [-0.15, -0.1) is 0 Å². The molecule has 0 bridgehead atoms. The number of hydrogen-bond acceptors (Lipinski definition) is 7. The largest absolute Gasteiger partial charge is 0.497 e. The van der Waals surface area contributed by atoms with Gasteiger partial charge in [-0.1, -0.05) is 0 Å². The van der Waals surface area contributed by atoms with Crippen molar-refractivity contribution in [1.82, 2.24) is 23.6 Å². The maximum Gasteiger partial charge on any atom is 0.248 e. The summed E-state index contributed by atoms with van der Waals surface area (Å²) in [5.41, 5.74) is 3.77. The number of carbonyl (C=O) groups is 1. The summed E-state index contributed by atoms with van der Waals surface area (Å²) in [4.78, 5) is 19.9. The van der Waals surface area contributed by atoms with Crippen molar-refractivity contribution in [3.63, 3.8) is 0 Å². The van der Waals surface area contributed by atoms with Gasteiger partial charge in [-0.05, 0) is 75.7 Å². The lowest BCUT2D eigenvalue weighted by Gasteiger charge is -2.32. The van der Waals surface area contributed by atoms with Gasteiger partial charge < -0.3 is 28.7 Å². The highest BCUT2D eigenvalue weighted by molar-refractivity contribution is 7.89. The first-order chi connectivity index (χ1) is 19.1. The zero-order valence-corrected chi connectivity index (χ0v) is 25.5. The third kappa shape index (κ3) is 7.25. The van der Waals surface area contributed by atoms with Crippen molar-refractivity contribution in [2.75, 3.05) is 80.2 Å². The maximum atomic E-state index is 13.2. The number of sulfonamides is 1. The maximum absolute atomic E-state index is 13.2. The molecule has 2 aliphatic rings. The third-order valence-electron chi connectivity index (χ3n) is 8.08. The molecule has 0 radical (unpaired) electrons. The number of benzene rings is 1. The molecule has 0 atom stereocenters. The van der Waals surface area contributed by atoms with E-state index in [1.165, 1.54) is 17.0 Å². The molecule has 11 heteroatoms. The van der Waals surface area contributed by atoms with Gasteiger partial charge >= 0.3 is 0 Å². The first kappa shape index (κ1) is 30.5. The van der Waals surface area contributed by atoms with Crippen LogP contribution in [0.4, 0.5) is 0 Å². The van der Waals surface area contributed by atoms with Crippen LogP contribution in [0.1, 0.15) is 28.9 Å². The Balaban J connectivity index is 1.20. The average molecular weight is 576 g/mol. The summed E-state index contributed by atoms with van der Waals surface area (Å²) >= 11 is 0. The molecule has 2 aromatic rings. The lowest BCUT2D eigenvalue weighted by atomic mass is 10.1. The second-order valence-electron chi connectivity index (χ2n) is 11.0. The molecule has 4 rings (SSSR count). The Bertz CT molecular complexity index is 1250. The Morgan fingerprint density at radius 3 is 2.40 bits per heavy atom. The van der Waals surface area contributed by atoms with Crippen molar-refractivity contribution in [1.29, 1.82) is 0 Å². The zero-order chi connectivity index (χ0) is 28.9. The predicted octanol–water partition coefficient (Wildman–Crippen LogP) is 1.97. The number of carbonyl (C=O) groups excluding carboxylic acids is 1. The Hall–Kier alpha value is -2.44. The van der Waals surface area contributed by atoms with Gasteiger partial charge in [0.1, 0.15) is 12.4 Å². The van der Waals surface area contributed by atoms with Crippen molar-refractivity contribution in [3.05, 3.63) is 46.8 Å². The lowest BCUT2D eigenvalue weighted by molar-refractivity contribution is -0.137. The number of nitrogens with zero attached hydrogens (tertiary/aromatic N) is 5. The van der Waals surface area contributed by atoms with Gasteiger partial charge in [0.2, 0.25) is 15.9 Å². The molecule has 222 valence electrons. The molecule has 40 heavy (non-hydrogen) atoms. The van der Waals surface area contributed by atoms with Gasteiger partial charge in [-0.25, -0.2) is 8.42 Å². The highest BCUT2D eigenvalue weighted by Gasteiger charge is 2.26. The smallest absolute Gasteiger partial charge is 0.248 e. The van der Waals surface area contributed by atoms with E-state index in [0.29, 0.717) is 30.0 Å². The summed E-state index contributed by atoms with van der Waals surface area (Å²) in [7, 11) is 1.58. The molecule has 10 nitrogen and oxygen atoms in total. The average Bonchev–Trinajstić information content (AvgIpc) is 3.33. The summed E-state index contributed by atoms with van der Waals surface area (Å²) < 4.78 is 40.9. The molecular weight excluding hydrogens is 530 g/mol. The van der Waals surface area contributed by atoms with Crippen LogP contribution in [0.5, 0.6) is 5.75 Å². The standard InChI is InChI=1S/C29H45N5O5S/c1-23-19-27(38-5)20-24(2)29(23)40(36,37)31(4)17-18-39-22-28(35)33-15-16-34-25(8-9-26(34)21-33)7-6-10-32-13-11-30(3)12-14-32/h8-9,19-20H,6-7,10-18,21-22H2,1-5H3. The number of fused-ring (bicyclic) bond motifs is 1. The molecule has 1 aromatic carbocycles. The van der Waals surface area contributed by atoms with Crippen molar-refractivity contribution < 1.29 is 22.7 Å². The van der Waals surface area contributed by atoms with Crippen LogP contribution in [0.15, 0.2) is 29.2 Å². The predicted molar refractivity (Wildman–Crippen MR) is 155 cm³/mol. The van der Waals surface area contributed by atoms with E-state index in [4.69, 9.17) is 9.47 Å². The summed E-state index contributed by atoms with van der Waals surface area (Å²) in [5.74, 6) is 0.553. The molecule has 1 saturated heterocycles. The highest BCUT2D eigenvalue weighted by atomic mass is 32.2. The molecular formula is C29H45N5O5S. The van der Waals surface area contributed by atoms with Crippen molar-refractivity contribution >= 4 is 15.9 Å². The Morgan fingerprint density at radius 2 is 1.73 bits per heavy atom. The highest BCUT2D eigenvalue weighted by Crippen LogP contribution is 2.27. The van der Waals surface area contributed by atoms with Crippen molar-refractivity contribution in [2.24, 2.45) is 0 Å². The van der Waals surface area contributed by atoms with Gasteiger partial charge in [0.15, 0.2) is 0 Å². The molecule has 0 N–H and O–H groups in total. The summed E-state index contributed by atoms with van der Waals surface area (Å²) in [5, 5.41) is 0. The van der Waals surface area contributed by atoms with Gasteiger partial charge in [0.05, 0.1) is 25.2 Å². The molecule has 1 aromatic heterocycles. The first-order valence-corrected chi connectivity index (χ1v) is 15.6. The number of rotatable bonds is 12. The second-order valence-corrected chi connectivity index (χ2v) is 13.0. The fraction of sp³-hybridized carbons (Fsp3) is 0.621. The minimum absolute atomic E-state index is 0.0624. The van der Waals surface area contributed by atoms with Crippen LogP contribution in [0.2, 0.25) is 0 Å². The van der Waals surface area contributed by atoms with E-state index in [-0.39, 0.29) is 30.6 Å². The molecule has 1 fully saturated rings. The minimum atomic E-state index is -3.70. The number of amides is 1.